The molecule has 1 aromatic heterocycles. The maximum absolute atomic E-state index is 13.1. The molecule has 13 heavy (non-hydrogen) atoms. The summed E-state index contributed by atoms with van der Waals surface area (Å²) in [6, 6.07) is 0. The van der Waals surface area contributed by atoms with Crippen LogP contribution in [0.2, 0.25) is 0 Å². The number of hydrogen-bond acceptors (Lipinski definition) is 2. The molecule has 3 nitrogen and oxygen atoms in total. The van der Waals surface area contributed by atoms with Crippen LogP contribution in [0.15, 0.2) is 12.5 Å². The molecule has 0 spiro atoms. The van der Waals surface area contributed by atoms with Crippen LogP contribution in [0.25, 0.3) is 0 Å². The molecule has 0 bridgehead atoms. The molecule has 0 radical (unpaired) electrons. The van der Waals surface area contributed by atoms with E-state index in [2.05, 4.69) is 4.98 Å². The van der Waals surface area contributed by atoms with Gasteiger partial charge in [-0.1, -0.05) is 0 Å². The minimum atomic E-state index is -1.20. The zero-order chi connectivity index (χ0) is 9.90. The molecule has 0 saturated heterocycles. The number of aldehydes is 1. The Hall–Kier alpha value is -1.19. The number of hydrogen-bond donors (Lipinski definition) is 0. The van der Waals surface area contributed by atoms with Crippen molar-refractivity contribution < 1.29 is 9.18 Å². The smallest absolute Gasteiger partial charge is 0.168 e. The molecular weight excluding hydrogens is 171 g/mol. The third-order valence-corrected chi connectivity index (χ3v) is 1.81. The first kappa shape index (κ1) is 9.89. The van der Waals surface area contributed by atoms with Crippen molar-refractivity contribution in [3.05, 3.63) is 18.2 Å². The molecule has 0 saturated carbocycles. The van der Waals surface area contributed by atoms with Crippen LogP contribution in [0.3, 0.4) is 0 Å². The van der Waals surface area contributed by atoms with Gasteiger partial charge in [-0.05, 0) is 20.3 Å². The Bertz CT molecular complexity index is 288. The summed E-state index contributed by atoms with van der Waals surface area (Å²) in [7, 11) is 0. The van der Waals surface area contributed by atoms with Crippen LogP contribution in [0.1, 0.15) is 30.8 Å². The zero-order valence-corrected chi connectivity index (χ0v) is 7.83. The van der Waals surface area contributed by atoms with E-state index in [1.54, 1.807) is 4.57 Å². The van der Waals surface area contributed by atoms with E-state index in [0.29, 0.717) is 18.7 Å². The third-order valence-electron chi connectivity index (χ3n) is 1.81. The molecule has 0 aliphatic heterocycles. The number of alkyl halides is 1. The number of carbonyl (C=O) groups excluding carboxylic acids is 1. The minimum Gasteiger partial charge on any atom is -0.328 e. The van der Waals surface area contributed by atoms with Gasteiger partial charge in [0.15, 0.2) is 6.29 Å². The molecule has 1 rings (SSSR count). The summed E-state index contributed by atoms with van der Waals surface area (Å²) >= 11 is 0. The normalized spacial score (nSPS) is 11.6. The predicted octanol–water partition coefficient (Wildman–Crippen LogP) is 1.83. The molecule has 4 heteroatoms. The zero-order valence-electron chi connectivity index (χ0n) is 7.83. The highest BCUT2D eigenvalue weighted by Crippen LogP contribution is 2.15. The molecule has 0 N–H and O–H groups in total. The summed E-state index contributed by atoms with van der Waals surface area (Å²) in [5.41, 5.74) is -0.714. The van der Waals surface area contributed by atoms with Gasteiger partial charge in [-0.2, -0.15) is 0 Å². The predicted molar refractivity (Wildman–Crippen MR) is 47.4 cm³/mol. The lowest BCUT2D eigenvalue weighted by Crippen LogP contribution is -2.16. The molecule has 0 aliphatic carbocycles. The van der Waals surface area contributed by atoms with Crippen molar-refractivity contribution in [3.8, 4) is 0 Å². The van der Waals surface area contributed by atoms with Crippen LogP contribution in [0.5, 0.6) is 0 Å². The Morgan fingerprint density at radius 1 is 1.69 bits per heavy atom. The van der Waals surface area contributed by atoms with Crippen LogP contribution in [-0.2, 0) is 6.54 Å². The molecule has 0 unspecified atom stereocenters. The third kappa shape index (κ3) is 2.97. The lowest BCUT2D eigenvalue weighted by molar-refractivity contribution is 0.111. The Morgan fingerprint density at radius 2 is 2.38 bits per heavy atom. The van der Waals surface area contributed by atoms with Crippen molar-refractivity contribution in [3.63, 3.8) is 0 Å². The Kier molecular flexibility index (Phi) is 2.80. The Morgan fingerprint density at radius 3 is 2.92 bits per heavy atom. The fourth-order valence-corrected chi connectivity index (χ4v) is 1.00. The van der Waals surface area contributed by atoms with E-state index in [4.69, 9.17) is 0 Å². The maximum atomic E-state index is 13.1. The molecule has 0 fully saturated rings. The van der Waals surface area contributed by atoms with E-state index >= 15 is 0 Å². The fraction of sp³-hybridized carbons (Fsp3) is 0.556. The van der Waals surface area contributed by atoms with Gasteiger partial charge in [0.2, 0.25) is 0 Å². The summed E-state index contributed by atoms with van der Waals surface area (Å²) in [6.07, 6.45) is 4.11. The SMILES string of the molecule is CC(C)(F)CCn1cncc1C=O. The van der Waals surface area contributed by atoms with Crippen molar-refractivity contribution in [2.75, 3.05) is 0 Å². The summed E-state index contributed by atoms with van der Waals surface area (Å²) < 4.78 is 14.7. The molecule has 72 valence electrons. The van der Waals surface area contributed by atoms with Gasteiger partial charge in [-0.15, -0.1) is 0 Å². The van der Waals surface area contributed by atoms with Gasteiger partial charge in [0.1, 0.15) is 11.4 Å². The van der Waals surface area contributed by atoms with Gasteiger partial charge in [-0.3, -0.25) is 4.79 Å². The highest BCUT2D eigenvalue weighted by molar-refractivity contribution is 5.71. The molecule has 0 atom stereocenters. The lowest BCUT2D eigenvalue weighted by Gasteiger charge is -2.14. The molecule has 0 aliphatic rings. The van der Waals surface area contributed by atoms with Crippen LogP contribution in [0.4, 0.5) is 4.39 Å². The van der Waals surface area contributed by atoms with Gasteiger partial charge in [0.05, 0.1) is 12.5 Å². The second-order valence-electron chi connectivity index (χ2n) is 3.60. The van der Waals surface area contributed by atoms with Gasteiger partial charge in [0, 0.05) is 6.54 Å². The second-order valence-corrected chi connectivity index (χ2v) is 3.60. The van der Waals surface area contributed by atoms with E-state index < -0.39 is 5.67 Å². The van der Waals surface area contributed by atoms with Crippen LogP contribution < -0.4 is 0 Å². The summed E-state index contributed by atoms with van der Waals surface area (Å²) in [5, 5.41) is 0. The Balaban J connectivity index is 2.59. The van der Waals surface area contributed by atoms with Crippen LogP contribution >= 0.6 is 0 Å². The van der Waals surface area contributed by atoms with E-state index in [1.165, 1.54) is 26.4 Å². The number of aryl methyl sites for hydroxylation is 1. The number of nitrogens with zero attached hydrogens (tertiary/aromatic N) is 2. The molecule has 1 aromatic rings. The molecule has 1 heterocycles. The lowest BCUT2D eigenvalue weighted by atomic mass is 10.1. The fourth-order valence-electron chi connectivity index (χ4n) is 1.00. The number of carbonyl (C=O) groups is 1. The average Bonchev–Trinajstić information content (AvgIpc) is 2.46. The van der Waals surface area contributed by atoms with Crippen molar-refractivity contribution in [1.82, 2.24) is 9.55 Å². The van der Waals surface area contributed by atoms with Gasteiger partial charge in [-0.25, -0.2) is 9.37 Å². The molecular formula is C9H13FN2O. The van der Waals surface area contributed by atoms with Gasteiger partial charge < -0.3 is 4.57 Å². The monoisotopic (exact) mass is 184 g/mol. The van der Waals surface area contributed by atoms with E-state index in [1.807, 2.05) is 0 Å². The van der Waals surface area contributed by atoms with Crippen LogP contribution in [-0.4, -0.2) is 21.5 Å². The summed E-state index contributed by atoms with van der Waals surface area (Å²) in [4.78, 5) is 14.3. The standard InChI is InChI=1S/C9H13FN2O/c1-9(2,10)3-4-12-7-11-5-8(12)6-13/h5-7H,3-4H2,1-2H3. The summed E-state index contributed by atoms with van der Waals surface area (Å²) in [5.74, 6) is 0. The van der Waals surface area contributed by atoms with Crippen molar-refractivity contribution >= 4 is 6.29 Å². The van der Waals surface area contributed by atoms with Crippen LogP contribution in [0, 0.1) is 0 Å². The van der Waals surface area contributed by atoms with Crippen molar-refractivity contribution in [1.29, 1.82) is 0 Å². The number of imidazole rings is 1. The quantitative estimate of drug-likeness (QED) is 0.669. The first-order chi connectivity index (χ1) is 6.03. The Labute approximate surface area is 76.6 Å². The van der Waals surface area contributed by atoms with E-state index in [0.717, 1.165) is 6.29 Å². The highest BCUT2D eigenvalue weighted by Gasteiger charge is 2.15. The summed E-state index contributed by atoms with van der Waals surface area (Å²) in [6.45, 7) is 3.52. The van der Waals surface area contributed by atoms with Crippen molar-refractivity contribution in [2.45, 2.75) is 32.5 Å². The number of rotatable bonds is 4. The average molecular weight is 184 g/mol. The largest absolute Gasteiger partial charge is 0.328 e. The molecule has 0 aromatic carbocycles. The molecule has 0 amide bonds. The van der Waals surface area contributed by atoms with E-state index in [-0.39, 0.29) is 0 Å². The first-order valence-corrected chi connectivity index (χ1v) is 4.17. The minimum absolute atomic E-state index is 0.379. The number of aromatic nitrogens is 2. The maximum Gasteiger partial charge on any atom is 0.168 e. The van der Waals surface area contributed by atoms with Gasteiger partial charge >= 0.3 is 0 Å². The topological polar surface area (TPSA) is 34.9 Å². The van der Waals surface area contributed by atoms with Gasteiger partial charge in [0.25, 0.3) is 0 Å². The second kappa shape index (κ2) is 3.68. The number of halogens is 1. The first-order valence-electron chi connectivity index (χ1n) is 4.17. The van der Waals surface area contributed by atoms with Crippen molar-refractivity contribution in [2.24, 2.45) is 0 Å². The van der Waals surface area contributed by atoms with E-state index in [9.17, 15) is 9.18 Å². The highest BCUT2D eigenvalue weighted by atomic mass is 19.1.